The van der Waals surface area contributed by atoms with Crippen LogP contribution in [-0.4, -0.2) is 42.0 Å². The van der Waals surface area contributed by atoms with Crippen LogP contribution in [0, 0.1) is 53.0 Å². The van der Waals surface area contributed by atoms with Crippen molar-refractivity contribution in [2.75, 3.05) is 12.9 Å². The maximum absolute atomic E-state index is 12.9. The number of benzene rings is 2. The third-order valence-corrected chi connectivity index (χ3v) is 6.92. The van der Waals surface area contributed by atoms with Gasteiger partial charge < -0.3 is 4.74 Å². The van der Waals surface area contributed by atoms with Crippen LogP contribution in [0.25, 0.3) is 16.7 Å². The highest BCUT2D eigenvalue weighted by Crippen LogP contribution is 2.54. The lowest BCUT2D eigenvalue weighted by Gasteiger charge is -2.09. The van der Waals surface area contributed by atoms with Gasteiger partial charge in [0.15, 0.2) is 9.84 Å². The van der Waals surface area contributed by atoms with E-state index < -0.39 is 98.1 Å². The average Bonchev–Trinajstić information content (AvgIpc) is 3.16. The van der Waals surface area contributed by atoms with Crippen molar-refractivity contribution in [3.63, 3.8) is 0 Å². The second kappa shape index (κ2) is 9.20. The van der Waals surface area contributed by atoms with Gasteiger partial charge >= 0.3 is 5.97 Å². The molecule has 0 amide bonds. The minimum Gasteiger partial charge on any atom is -0.469 e. The summed E-state index contributed by atoms with van der Waals surface area (Å²) in [7, 11) is -3.35. The van der Waals surface area contributed by atoms with Crippen LogP contribution in [0.2, 0.25) is 0 Å². The second-order valence-electron chi connectivity index (χ2n) is 7.14. The Hall–Kier alpha value is -5.22. The van der Waals surface area contributed by atoms with E-state index in [-0.39, 0.29) is 0 Å². The molecule has 36 heavy (non-hydrogen) atoms. The third kappa shape index (κ3) is 4.19. The van der Waals surface area contributed by atoms with E-state index in [2.05, 4.69) is 4.74 Å². The lowest BCUT2D eigenvalue weighted by Crippen LogP contribution is -2.13. The Labute approximate surface area is 200 Å². The number of methoxy groups -OCH3 is 1. The highest BCUT2D eigenvalue weighted by molar-refractivity contribution is 7.91. The van der Waals surface area contributed by atoms with Gasteiger partial charge in [0.2, 0.25) is 0 Å². The third-order valence-electron chi connectivity index (χ3n) is 5.22. The van der Waals surface area contributed by atoms with E-state index in [0.717, 1.165) is 19.2 Å². The van der Waals surface area contributed by atoms with Gasteiger partial charge in [-0.3, -0.25) is 35.1 Å². The molecule has 2 aromatic carbocycles. The van der Waals surface area contributed by atoms with Gasteiger partial charge in [0.05, 0.1) is 56.1 Å². The Kier molecular flexibility index (Phi) is 6.49. The highest BCUT2D eigenvalue weighted by Gasteiger charge is 2.41. The Balaban J connectivity index is 2.51. The Morgan fingerprint density at radius 1 is 0.917 bits per heavy atom. The van der Waals surface area contributed by atoms with Crippen molar-refractivity contribution >= 4 is 38.4 Å². The first-order valence-corrected chi connectivity index (χ1v) is 11.2. The average molecular weight is 513 g/mol. The molecule has 0 aromatic heterocycles. The van der Waals surface area contributed by atoms with E-state index in [1.165, 1.54) is 12.1 Å². The maximum Gasteiger partial charge on any atom is 0.306 e. The number of allylic oxidation sites excluding steroid dienone is 1. The van der Waals surface area contributed by atoms with Crippen molar-refractivity contribution in [2.45, 2.75) is 11.3 Å². The number of fused-ring (bicyclic) bond motifs is 3. The largest absolute Gasteiger partial charge is 0.469 e. The molecule has 0 aliphatic heterocycles. The predicted octanol–water partition coefficient (Wildman–Crippen LogP) is 2.58. The van der Waals surface area contributed by atoms with Gasteiger partial charge in [-0.1, -0.05) is 0 Å². The van der Waals surface area contributed by atoms with E-state index in [4.69, 9.17) is 0 Å². The molecule has 0 fully saturated rings. The van der Waals surface area contributed by atoms with Gasteiger partial charge in [-0.2, -0.15) is 10.5 Å². The van der Waals surface area contributed by atoms with Gasteiger partial charge in [-0.05, 0) is 6.07 Å². The topological polar surface area (TPSA) is 237 Å². The summed E-state index contributed by atoms with van der Waals surface area (Å²) in [5, 5.41) is 54.1. The maximum atomic E-state index is 12.9. The number of carbonyl (C=O) groups excluding carboxylic acids is 1. The zero-order valence-electron chi connectivity index (χ0n) is 18.0. The molecule has 182 valence electrons. The van der Waals surface area contributed by atoms with Crippen molar-refractivity contribution < 1.29 is 32.7 Å². The standard InChI is InChI=1S/C20H11N5O10S/c1-35-17(26)2-3-36(33,34)12-6-14-18(10(8-21)9-22)13-4-11(23(27)28)5-15(24(29)30)19(13)20(14)16(7-12)25(31)32/h4-7H,2-3H2,1H3. The van der Waals surface area contributed by atoms with E-state index >= 15 is 0 Å². The van der Waals surface area contributed by atoms with Crippen LogP contribution in [0.1, 0.15) is 17.5 Å². The fourth-order valence-electron chi connectivity index (χ4n) is 3.69. The van der Waals surface area contributed by atoms with Crippen LogP contribution >= 0.6 is 0 Å². The number of non-ortho nitro benzene ring substituents is 1. The smallest absolute Gasteiger partial charge is 0.306 e. The second-order valence-corrected chi connectivity index (χ2v) is 9.25. The molecule has 0 saturated heterocycles. The number of nitro benzene ring substituents is 3. The molecular formula is C20H11N5O10S. The molecular weight excluding hydrogens is 502 g/mol. The van der Waals surface area contributed by atoms with E-state index in [1.54, 1.807) is 0 Å². The molecule has 0 heterocycles. The normalized spacial score (nSPS) is 11.5. The Morgan fingerprint density at radius 3 is 1.92 bits per heavy atom. The molecule has 15 nitrogen and oxygen atoms in total. The van der Waals surface area contributed by atoms with E-state index in [9.17, 15) is 54.1 Å². The molecule has 0 bridgehead atoms. The number of ether oxygens (including phenoxy) is 1. The number of esters is 1. The highest BCUT2D eigenvalue weighted by atomic mass is 32.2. The molecule has 1 aliphatic carbocycles. The number of sulfone groups is 1. The molecule has 2 aromatic rings. The number of hydrogen-bond donors (Lipinski definition) is 0. The van der Waals surface area contributed by atoms with Crippen LogP contribution < -0.4 is 0 Å². The molecule has 0 radical (unpaired) electrons. The Bertz CT molecular complexity index is 1600. The van der Waals surface area contributed by atoms with Crippen LogP contribution in [-0.2, 0) is 19.4 Å². The predicted molar refractivity (Wildman–Crippen MR) is 118 cm³/mol. The number of hydrogen-bond acceptors (Lipinski definition) is 12. The summed E-state index contributed by atoms with van der Waals surface area (Å²) in [4.78, 5) is 42.8. The van der Waals surface area contributed by atoms with Crippen LogP contribution in [0.4, 0.5) is 17.1 Å². The SMILES string of the molecule is COC(=O)CCS(=O)(=O)c1cc2c(c([N+](=O)[O-])c1)-c1c(cc([N+](=O)[O-])cc1[N+](=O)[O-])C2=C(C#N)C#N. The van der Waals surface area contributed by atoms with E-state index in [0.29, 0.717) is 12.1 Å². The van der Waals surface area contributed by atoms with Crippen molar-refractivity contribution in [3.05, 3.63) is 71.3 Å². The lowest BCUT2D eigenvalue weighted by molar-refractivity contribution is -0.394. The van der Waals surface area contributed by atoms with Crippen LogP contribution in [0.5, 0.6) is 0 Å². The van der Waals surface area contributed by atoms with Crippen LogP contribution in [0.3, 0.4) is 0 Å². The zero-order valence-corrected chi connectivity index (χ0v) is 18.8. The summed E-state index contributed by atoms with van der Waals surface area (Å²) < 4.78 is 30.1. The Morgan fingerprint density at radius 2 is 1.44 bits per heavy atom. The molecule has 0 atom stereocenters. The number of rotatable bonds is 7. The van der Waals surface area contributed by atoms with Crippen molar-refractivity contribution in [3.8, 4) is 23.3 Å². The first kappa shape index (κ1) is 25.4. The summed E-state index contributed by atoms with van der Waals surface area (Å²) in [6, 6.07) is 5.92. The summed E-state index contributed by atoms with van der Waals surface area (Å²) in [5.41, 5.74) is -5.55. The van der Waals surface area contributed by atoms with Gasteiger partial charge in [-0.15, -0.1) is 0 Å². The molecule has 0 spiro atoms. The first-order chi connectivity index (χ1) is 16.9. The zero-order chi connectivity index (χ0) is 26.9. The fraction of sp³-hybridized carbons (Fsp3) is 0.150. The minimum absolute atomic E-state index is 0.391. The molecule has 3 rings (SSSR count). The number of nitriles is 2. The van der Waals surface area contributed by atoms with Crippen molar-refractivity contribution in [1.82, 2.24) is 0 Å². The molecule has 1 aliphatic rings. The molecule has 16 heteroatoms. The first-order valence-electron chi connectivity index (χ1n) is 9.52. The fourth-order valence-corrected chi connectivity index (χ4v) is 4.95. The van der Waals surface area contributed by atoms with E-state index in [1.807, 2.05) is 0 Å². The summed E-state index contributed by atoms with van der Waals surface area (Å²) in [6.45, 7) is 0. The van der Waals surface area contributed by atoms with Crippen molar-refractivity contribution in [1.29, 1.82) is 10.5 Å². The summed E-state index contributed by atoms with van der Waals surface area (Å²) >= 11 is 0. The molecule has 0 N–H and O–H groups in total. The number of carbonyl (C=O) groups is 1. The molecule has 0 saturated carbocycles. The summed E-state index contributed by atoms with van der Waals surface area (Å²) in [5.74, 6) is -1.68. The lowest BCUT2D eigenvalue weighted by atomic mass is 9.98. The number of nitro groups is 3. The van der Waals surface area contributed by atoms with Crippen molar-refractivity contribution in [2.24, 2.45) is 0 Å². The quantitative estimate of drug-likeness (QED) is 0.192. The minimum atomic E-state index is -4.38. The van der Waals surface area contributed by atoms with Gasteiger partial charge in [-0.25, -0.2) is 8.42 Å². The van der Waals surface area contributed by atoms with Gasteiger partial charge in [0.1, 0.15) is 17.7 Å². The monoisotopic (exact) mass is 513 g/mol. The van der Waals surface area contributed by atoms with Crippen LogP contribution in [0.15, 0.2) is 34.7 Å². The van der Waals surface area contributed by atoms with Gasteiger partial charge in [0, 0.05) is 28.8 Å². The van der Waals surface area contributed by atoms with Gasteiger partial charge in [0.25, 0.3) is 17.1 Å². The molecule has 0 unspecified atom stereocenters. The number of nitrogens with zero attached hydrogens (tertiary/aromatic N) is 5. The summed E-state index contributed by atoms with van der Waals surface area (Å²) in [6.07, 6.45) is -0.591.